The fourth-order valence-corrected chi connectivity index (χ4v) is 1.74. The van der Waals surface area contributed by atoms with Crippen LogP contribution in [0.1, 0.15) is 11.4 Å². The van der Waals surface area contributed by atoms with E-state index in [-0.39, 0.29) is 6.42 Å². The van der Waals surface area contributed by atoms with Crippen LogP contribution >= 0.6 is 12.2 Å². The molecule has 16 heavy (non-hydrogen) atoms. The molecule has 0 amide bonds. The Morgan fingerprint density at radius 2 is 2.12 bits per heavy atom. The molecule has 1 aromatic heterocycles. The highest BCUT2D eigenvalue weighted by Gasteiger charge is 2.07. The highest BCUT2D eigenvalue weighted by molar-refractivity contribution is 7.71. The van der Waals surface area contributed by atoms with Crippen LogP contribution in [0.25, 0.3) is 5.69 Å². The minimum absolute atomic E-state index is 0.237. The van der Waals surface area contributed by atoms with Gasteiger partial charge >= 0.3 is 0 Å². The molecule has 1 N–H and O–H groups in total. The number of aromatic amines is 1. The van der Waals surface area contributed by atoms with Crippen molar-refractivity contribution in [3.8, 4) is 11.8 Å². The van der Waals surface area contributed by atoms with Gasteiger partial charge in [-0.15, -0.1) is 0 Å². The Morgan fingerprint density at radius 1 is 1.44 bits per heavy atom. The minimum atomic E-state index is 0.237. The second-order valence-electron chi connectivity index (χ2n) is 3.45. The fourth-order valence-electron chi connectivity index (χ4n) is 1.48. The molecular weight excluding hydrogens is 220 g/mol. The topological polar surface area (TPSA) is 57.4 Å². The molecule has 0 atom stereocenters. The van der Waals surface area contributed by atoms with E-state index in [0.717, 1.165) is 5.69 Å². The van der Waals surface area contributed by atoms with E-state index in [9.17, 15) is 0 Å². The van der Waals surface area contributed by atoms with Gasteiger partial charge in [-0.05, 0) is 31.3 Å². The van der Waals surface area contributed by atoms with E-state index >= 15 is 0 Å². The summed E-state index contributed by atoms with van der Waals surface area (Å²) < 4.78 is 2.28. The van der Waals surface area contributed by atoms with Crippen molar-refractivity contribution in [2.24, 2.45) is 0 Å². The average molecular weight is 230 g/mol. The molecule has 80 valence electrons. The number of aromatic nitrogens is 3. The zero-order valence-electron chi connectivity index (χ0n) is 8.77. The summed E-state index contributed by atoms with van der Waals surface area (Å²) in [5.41, 5.74) is 2.11. The molecule has 0 aliphatic rings. The maximum Gasteiger partial charge on any atom is 0.199 e. The summed E-state index contributed by atoms with van der Waals surface area (Å²) in [6.07, 6.45) is 0.237. The third-order valence-corrected chi connectivity index (χ3v) is 2.55. The Labute approximate surface area is 98.2 Å². The second kappa shape index (κ2) is 4.29. The monoisotopic (exact) mass is 230 g/mol. The van der Waals surface area contributed by atoms with Crippen molar-refractivity contribution in [2.45, 2.75) is 13.3 Å². The molecule has 0 aliphatic heterocycles. The van der Waals surface area contributed by atoms with Crippen LogP contribution in [0.3, 0.4) is 0 Å². The van der Waals surface area contributed by atoms with E-state index in [1.807, 2.05) is 31.2 Å². The Morgan fingerprint density at radius 3 is 2.75 bits per heavy atom. The Kier molecular flexibility index (Phi) is 2.84. The molecule has 1 aromatic carbocycles. The van der Waals surface area contributed by atoms with Crippen molar-refractivity contribution in [1.82, 2.24) is 14.8 Å². The molecule has 2 aromatic rings. The van der Waals surface area contributed by atoms with Crippen LogP contribution in [0, 0.1) is 23.0 Å². The number of nitriles is 1. The number of benzene rings is 1. The summed E-state index contributed by atoms with van der Waals surface area (Å²) in [5.74, 6) is 0.636. The van der Waals surface area contributed by atoms with Crippen molar-refractivity contribution >= 4 is 12.2 Å². The minimum Gasteiger partial charge on any atom is -0.271 e. The van der Waals surface area contributed by atoms with Gasteiger partial charge in [-0.1, -0.05) is 17.7 Å². The number of nitrogens with zero attached hydrogens (tertiary/aromatic N) is 3. The van der Waals surface area contributed by atoms with E-state index < -0.39 is 0 Å². The van der Waals surface area contributed by atoms with Gasteiger partial charge < -0.3 is 0 Å². The lowest BCUT2D eigenvalue weighted by Gasteiger charge is -2.04. The molecule has 2 rings (SSSR count). The van der Waals surface area contributed by atoms with Crippen LogP contribution in [0.4, 0.5) is 0 Å². The maximum atomic E-state index is 8.69. The highest BCUT2D eigenvalue weighted by atomic mass is 32.1. The van der Waals surface area contributed by atoms with Gasteiger partial charge in [0.1, 0.15) is 5.82 Å². The summed E-state index contributed by atoms with van der Waals surface area (Å²) in [7, 11) is 0. The summed E-state index contributed by atoms with van der Waals surface area (Å²) in [4.78, 5) is 0. The quantitative estimate of drug-likeness (QED) is 0.805. The van der Waals surface area contributed by atoms with Crippen LogP contribution in [0.5, 0.6) is 0 Å². The van der Waals surface area contributed by atoms with E-state index in [0.29, 0.717) is 10.6 Å². The van der Waals surface area contributed by atoms with Crippen LogP contribution in [0.15, 0.2) is 24.3 Å². The van der Waals surface area contributed by atoms with Gasteiger partial charge in [-0.25, -0.2) is 0 Å². The molecule has 4 nitrogen and oxygen atoms in total. The Bertz CT molecular complexity index is 586. The van der Waals surface area contributed by atoms with Gasteiger partial charge in [-0.3, -0.25) is 9.67 Å². The lowest BCUT2D eigenvalue weighted by atomic mass is 10.2. The van der Waals surface area contributed by atoms with E-state index in [2.05, 4.69) is 16.3 Å². The van der Waals surface area contributed by atoms with Crippen LogP contribution in [-0.4, -0.2) is 14.8 Å². The number of hydrogen-bond donors (Lipinski definition) is 1. The number of aryl methyl sites for hydroxylation is 1. The van der Waals surface area contributed by atoms with Crippen LogP contribution in [0.2, 0.25) is 0 Å². The van der Waals surface area contributed by atoms with E-state index in [1.165, 1.54) is 5.56 Å². The standard InChI is InChI=1S/C11H10N4S/c1-8-2-4-9(5-3-8)15-10(6-7-12)13-14-11(15)16/h2-5H,6H2,1H3,(H,14,16). The molecule has 0 radical (unpaired) electrons. The molecule has 5 heteroatoms. The first-order valence-electron chi connectivity index (χ1n) is 4.82. The third kappa shape index (κ3) is 1.88. The van der Waals surface area contributed by atoms with E-state index in [4.69, 9.17) is 17.5 Å². The van der Waals surface area contributed by atoms with Gasteiger partial charge in [0.15, 0.2) is 4.77 Å². The summed E-state index contributed by atoms with van der Waals surface area (Å²) in [6, 6.07) is 9.99. The molecule has 0 unspecified atom stereocenters. The lowest BCUT2D eigenvalue weighted by Crippen LogP contribution is -2.00. The Hall–Kier alpha value is -1.93. The first kappa shape index (κ1) is 10.6. The summed E-state index contributed by atoms with van der Waals surface area (Å²) in [6.45, 7) is 2.02. The predicted octanol–water partition coefficient (Wildman–Crippen LogP) is 2.30. The van der Waals surface area contributed by atoms with Crippen molar-refractivity contribution in [2.75, 3.05) is 0 Å². The first-order valence-corrected chi connectivity index (χ1v) is 5.23. The molecule has 1 heterocycles. The predicted molar refractivity (Wildman–Crippen MR) is 62.8 cm³/mol. The normalized spacial score (nSPS) is 10.0. The molecule has 0 aliphatic carbocycles. The van der Waals surface area contributed by atoms with Crippen molar-refractivity contribution in [3.05, 3.63) is 40.4 Å². The van der Waals surface area contributed by atoms with Crippen LogP contribution < -0.4 is 0 Å². The molecule has 0 saturated heterocycles. The Balaban J connectivity index is 2.55. The second-order valence-corrected chi connectivity index (χ2v) is 3.84. The van der Waals surface area contributed by atoms with Crippen molar-refractivity contribution < 1.29 is 0 Å². The third-order valence-electron chi connectivity index (χ3n) is 2.27. The highest BCUT2D eigenvalue weighted by Crippen LogP contribution is 2.12. The van der Waals surface area contributed by atoms with Crippen LogP contribution in [-0.2, 0) is 6.42 Å². The fraction of sp³-hybridized carbons (Fsp3) is 0.182. The van der Waals surface area contributed by atoms with E-state index in [1.54, 1.807) is 4.57 Å². The maximum absolute atomic E-state index is 8.69. The zero-order valence-corrected chi connectivity index (χ0v) is 9.58. The van der Waals surface area contributed by atoms with Gasteiger partial charge in [0.05, 0.1) is 12.5 Å². The smallest absolute Gasteiger partial charge is 0.199 e. The van der Waals surface area contributed by atoms with Gasteiger partial charge in [0.2, 0.25) is 0 Å². The average Bonchev–Trinajstić information content (AvgIpc) is 2.62. The van der Waals surface area contributed by atoms with Gasteiger partial charge in [0.25, 0.3) is 0 Å². The number of hydrogen-bond acceptors (Lipinski definition) is 3. The zero-order chi connectivity index (χ0) is 11.5. The molecule has 0 fully saturated rings. The first-order chi connectivity index (χ1) is 7.72. The summed E-state index contributed by atoms with van der Waals surface area (Å²) in [5, 5.41) is 15.4. The number of H-pyrrole nitrogens is 1. The molecular formula is C11H10N4S. The molecule has 0 saturated carbocycles. The SMILES string of the molecule is Cc1ccc(-n2c(CC#N)n[nH]c2=S)cc1. The van der Waals surface area contributed by atoms with Crippen molar-refractivity contribution in [3.63, 3.8) is 0 Å². The number of nitrogens with one attached hydrogen (secondary N) is 1. The van der Waals surface area contributed by atoms with Crippen molar-refractivity contribution in [1.29, 1.82) is 5.26 Å². The largest absolute Gasteiger partial charge is 0.271 e. The summed E-state index contributed by atoms with van der Waals surface area (Å²) >= 11 is 5.14. The van der Waals surface area contributed by atoms with Gasteiger partial charge in [-0.2, -0.15) is 10.4 Å². The molecule has 0 bridgehead atoms. The number of rotatable bonds is 2. The van der Waals surface area contributed by atoms with Gasteiger partial charge in [0, 0.05) is 5.69 Å². The molecule has 0 spiro atoms. The lowest BCUT2D eigenvalue weighted by molar-refractivity contribution is 0.921.